The van der Waals surface area contributed by atoms with Crippen molar-refractivity contribution in [3.63, 3.8) is 0 Å². The number of hydrogen-bond donors (Lipinski definition) is 4. The summed E-state index contributed by atoms with van der Waals surface area (Å²) in [6.45, 7) is 4.35. The standard InChI is InChI=1S/2C8H17NO.C4H4O4/c2*1-2-3-4-5-6-7-8(9)10;5-3(6)1-2-4(7)8/h2*2-7H2,1H3,(H2,9,10);1-2H,(H,5,6)(H,7,8)/b;;2-1+. The molecule has 0 atom stereocenters. The largest absolute Gasteiger partial charge is 0.478 e. The molecule has 0 spiro atoms. The predicted molar refractivity (Wildman–Crippen MR) is 110 cm³/mol. The topological polar surface area (TPSA) is 161 Å². The molecule has 0 aliphatic heterocycles. The Morgan fingerprint density at radius 1 is 0.607 bits per heavy atom. The Morgan fingerprint density at radius 2 is 0.893 bits per heavy atom. The van der Waals surface area contributed by atoms with Gasteiger partial charge in [-0.1, -0.05) is 65.2 Å². The molecule has 164 valence electrons. The van der Waals surface area contributed by atoms with Crippen LogP contribution < -0.4 is 11.5 Å². The Hall–Kier alpha value is -2.38. The summed E-state index contributed by atoms with van der Waals surface area (Å²) >= 11 is 0. The van der Waals surface area contributed by atoms with Gasteiger partial charge in [0.1, 0.15) is 0 Å². The average Bonchev–Trinajstić information content (AvgIpc) is 2.60. The quantitative estimate of drug-likeness (QED) is 0.257. The fraction of sp³-hybridized carbons (Fsp3) is 0.700. The number of carboxylic acid groups (broad SMARTS) is 2. The molecular formula is C20H38N2O6. The van der Waals surface area contributed by atoms with Gasteiger partial charge in [-0.3, -0.25) is 9.59 Å². The molecule has 0 bridgehead atoms. The van der Waals surface area contributed by atoms with Crippen LogP contribution in [0.25, 0.3) is 0 Å². The third-order valence-corrected chi connectivity index (χ3v) is 3.42. The maximum atomic E-state index is 10.3. The Balaban J connectivity index is -0.000000337. The van der Waals surface area contributed by atoms with Gasteiger partial charge < -0.3 is 21.7 Å². The molecule has 6 N–H and O–H groups in total. The molecule has 2 amide bonds. The molecule has 28 heavy (non-hydrogen) atoms. The van der Waals surface area contributed by atoms with Crippen LogP contribution in [0.2, 0.25) is 0 Å². The minimum Gasteiger partial charge on any atom is -0.478 e. The molecule has 0 saturated carbocycles. The van der Waals surface area contributed by atoms with Crippen LogP contribution in [0.3, 0.4) is 0 Å². The highest BCUT2D eigenvalue weighted by atomic mass is 16.4. The van der Waals surface area contributed by atoms with E-state index in [1.54, 1.807) is 0 Å². The summed E-state index contributed by atoms with van der Waals surface area (Å²) in [5, 5.41) is 15.6. The van der Waals surface area contributed by atoms with Crippen molar-refractivity contribution in [2.45, 2.75) is 90.9 Å². The molecule has 0 aliphatic rings. The van der Waals surface area contributed by atoms with Gasteiger partial charge in [-0.05, 0) is 12.8 Å². The predicted octanol–water partition coefficient (Wildman–Crippen LogP) is 3.38. The Morgan fingerprint density at radius 3 is 1.11 bits per heavy atom. The fourth-order valence-corrected chi connectivity index (χ4v) is 1.95. The van der Waals surface area contributed by atoms with Crippen LogP contribution in [0.5, 0.6) is 0 Å². The number of aliphatic carboxylic acids is 2. The number of primary amides is 2. The van der Waals surface area contributed by atoms with Crippen LogP contribution in [0, 0.1) is 0 Å². The van der Waals surface area contributed by atoms with E-state index in [1.165, 1.54) is 38.5 Å². The van der Waals surface area contributed by atoms with Gasteiger partial charge in [-0.25, -0.2) is 9.59 Å². The molecule has 0 unspecified atom stereocenters. The number of unbranched alkanes of at least 4 members (excludes halogenated alkanes) is 8. The van der Waals surface area contributed by atoms with Gasteiger partial charge >= 0.3 is 11.9 Å². The van der Waals surface area contributed by atoms with Gasteiger partial charge in [0, 0.05) is 25.0 Å². The molecule has 0 aliphatic carbocycles. The van der Waals surface area contributed by atoms with Crippen LogP contribution >= 0.6 is 0 Å². The normalized spacial score (nSPS) is 9.64. The summed E-state index contributed by atoms with van der Waals surface area (Å²) in [6.07, 6.45) is 14.0. The zero-order valence-electron chi connectivity index (χ0n) is 17.3. The summed E-state index contributed by atoms with van der Waals surface area (Å²) in [5.41, 5.74) is 9.94. The first kappa shape index (κ1) is 30.4. The molecule has 0 fully saturated rings. The van der Waals surface area contributed by atoms with Crippen molar-refractivity contribution in [2.24, 2.45) is 11.5 Å². The molecule has 0 rings (SSSR count). The van der Waals surface area contributed by atoms with Crippen molar-refractivity contribution in [3.8, 4) is 0 Å². The first-order chi connectivity index (χ1) is 13.2. The lowest BCUT2D eigenvalue weighted by molar-refractivity contribution is -0.134. The summed E-state index contributed by atoms with van der Waals surface area (Å²) in [5.74, 6) is -2.85. The van der Waals surface area contributed by atoms with Crippen molar-refractivity contribution in [3.05, 3.63) is 12.2 Å². The minimum atomic E-state index is -1.26. The van der Waals surface area contributed by atoms with E-state index >= 15 is 0 Å². The molecule has 0 heterocycles. The van der Waals surface area contributed by atoms with Crippen LogP contribution in [0.15, 0.2) is 12.2 Å². The van der Waals surface area contributed by atoms with Crippen molar-refractivity contribution >= 4 is 23.8 Å². The second-order valence-electron chi connectivity index (χ2n) is 6.27. The maximum Gasteiger partial charge on any atom is 0.328 e. The summed E-state index contributed by atoms with van der Waals surface area (Å²) in [7, 11) is 0. The number of carboxylic acids is 2. The van der Waals surface area contributed by atoms with E-state index in [0.29, 0.717) is 25.0 Å². The number of amides is 2. The Kier molecular flexibility index (Phi) is 26.7. The van der Waals surface area contributed by atoms with Crippen LogP contribution in [-0.4, -0.2) is 34.0 Å². The first-order valence-electron chi connectivity index (χ1n) is 9.87. The van der Waals surface area contributed by atoms with Crippen molar-refractivity contribution in [1.29, 1.82) is 0 Å². The molecule has 0 radical (unpaired) electrons. The van der Waals surface area contributed by atoms with Gasteiger partial charge in [0.15, 0.2) is 0 Å². The van der Waals surface area contributed by atoms with Gasteiger partial charge in [0.2, 0.25) is 11.8 Å². The molecule has 0 aromatic heterocycles. The van der Waals surface area contributed by atoms with E-state index in [2.05, 4.69) is 13.8 Å². The van der Waals surface area contributed by atoms with E-state index in [-0.39, 0.29) is 11.8 Å². The fourth-order valence-electron chi connectivity index (χ4n) is 1.95. The number of rotatable bonds is 14. The molecule has 8 nitrogen and oxygen atoms in total. The summed E-state index contributed by atoms with van der Waals surface area (Å²) in [4.78, 5) is 39.6. The van der Waals surface area contributed by atoms with Crippen LogP contribution in [0.1, 0.15) is 90.9 Å². The van der Waals surface area contributed by atoms with Crippen molar-refractivity contribution in [1.82, 2.24) is 0 Å². The first-order valence-corrected chi connectivity index (χ1v) is 9.87. The minimum absolute atomic E-state index is 0.170. The summed E-state index contributed by atoms with van der Waals surface area (Å²) < 4.78 is 0. The van der Waals surface area contributed by atoms with Crippen molar-refractivity contribution < 1.29 is 29.4 Å². The molecule has 0 aromatic carbocycles. The molecular weight excluding hydrogens is 364 g/mol. The number of carbonyl (C=O) groups is 4. The molecule has 8 heteroatoms. The van der Waals surface area contributed by atoms with E-state index in [9.17, 15) is 19.2 Å². The number of carbonyl (C=O) groups excluding carboxylic acids is 2. The smallest absolute Gasteiger partial charge is 0.328 e. The Labute approximate surface area is 168 Å². The van der Waals surface area contributed by atoms with E-state index in [0.717, 1.165) is 25.7 Å². The van der Waals surface area contributed by atoms with Gasteiger partial charge in [0.05, 0.1) is 0 Å². The molecule has 0 saturated heterocycles. The third-order valence-electron chi connectivity index (χ3n) is 3.42. The second kappa shape index (κ2) is 24.6. The zero-order valence-corrected chi connectivity index (χ0v) is 17.3. The zero-order chi connectivity index (χ0) is 22.2. The lowest BCUT2D eigenvalue weighted by Crippen LogP contribution is -2.09. The van der Waals surface area contributed by atoms with E-state index < -0.39 is 11.9 Å². The molecule has 0 aromatic rings. The van der Waals surface area contributed by atoms with Crippen LogP contribution in [0.4, 0.5) is 0 Å². The van der Waals surface area contributed by atoms with E-state index in [1.807, 2.05) is 0 Å². The average molecular weight is 403 g/mol. The Bertz CT molecular complexity index is 410. The highest BCUT2D eigenvalue weighted by Gasteiger charge is 1.93. The highest BCUT2D eigenvalue weighted by molar-refractivity contribution is 5.89. The third kappa shape index (κ3) is 43.8. The maximum absolute atomic E-state index is 10.3. The summed E-state index contributed by atoms with van der Waals surface area (Å²) in [6, 6.07) is 0. The lowest BCUT2D eigenvalue weighted by atomic mass is 10.1. The van der Waals surface area contributed by atoms with E-state index in [4.69, 9.17) is 21.7 Å². The highest BCUT2D eigenvalue weighted by Crippen LogP contribution is 2.04. The van der Waals surface area contributed by atoms with Crippen molar-refractivity contribution in [2.75, 3.05) is 0 Å². The SMILES string of the molecule is CCCCCCCC(N)=O.CCCCCCCC(N)=O.O=C(O)/C=C/C(=O)O. The lowest BCUT2D eigenvalue weighted by Gasteiger charge is -1.95. The van der Waals surface area contributed by atoms with Gasteiger partial charge in [0.25, 0.3) is 0 Å². The number of nitrogens with two attached hydrogens (primary N) is 2. The van der Waals surface area contributed by atoms with Gasteiger partial charge in [-0.15, -0.1) is 0 Å². The monoisotopic (exact) mass is 402 g/mol. The van der Waals surface area contributed by atoms with Gasteiger partial charge in [-0.2, -0.15) is 0 Å². The van der Waals surface area contributed by atoms with Crippen LogP contribution in [-0.2, 0) is 19.2 Å². The number of hydrogen-bond acceptors (Lipinski definition) is 4. The second-order valence-corrected chi connectivity index (χ2v) is 6.27.